The summed E-state index contributed by atoms with van der Waals surface area (Å²) >= 11 is 3.32. The van der Waals surface area contributed by atoms with E-state index in [1.165, 1.54) is 12.1 Å². The molecular formula is C11H14BrFN2O. The van der Waals surface area contributed by atoms with Crippen LogP contribution in [0.2, 0.25) is 0 Å². The highest BCUT2D eigenvalue weighted by Gasteiger charge is 2.01. The van der Waals surface area contributed by atoms with Crippen LogP contribution in [0, 0.1) is 5.82 Å². The van der Waals surface area contributed by atoms with Gasteiger partial charge >= 0.3 is 0 Å². The van der Waals surface area contributed by atoms with Crippen molar-refractivity contribution in [1.82, 2.24) is 5.32 Å². The molecule has 2 N–H and O–H groups in total. The summed E-state index contributed by atoms with van der Waals surface area (Å²) in [5.74, 6) is -0.267. The highest BCUT2D eigenvalue weighted by atomic mass is 79.9. The Kier molecular flexibility index (Phi) is 5.25. The lowest BCUT2D eigenvalue weighted by Crippen LogP contribution is -2.18. The lowest BCUT2D eigenvalue weighted by molar-refractivity contribution is -0.120. The minimum atomic E-state index is -0.281. The first-order valence-corrected chi connectivity index (χ1v) is 5.82. The van der Waals surface area contributed by atoms with Crippen LogP contribution in [0.1, 0.15) is 12.8 Å². The van der Waals surface area contributed by atoms with Crippen LogP contribution in [0.4, 0.5) is 10.1 Å². The zero-order valence-electron chi connectivity index (χ0n) is 9.02. The second-order valence-corrected chi connectivity index (χ2v) is 4.18. The van der Waals surface area contributed by atoms with Gasteiger partial charge in [0.15, 0.2) is 0 Å². The number of carbonyl (C=O) groups excluding carboxylic acids is 1. The van der Waals surface area contributed by atoms with E-state index in [0.717, 1.165) is 4.47 Å². The third kappa shape index (κ3) is 4.18. The van der Waals surface area contributed by atoms with E-state index in [-0.39, 0.29) is 11.7 Å². The molecule has 16 heavy (non-hydrogen) atoms. The molecule has 0 atom stereocenters. The molecule has 1 aromatic carbocycles. The summed E-state index contributed by atoms with van der Waals surface area (Å²) in [6.45, 7) is 0.634. The lowest BCUT2D eigenvalue weighted by Gasteiger charge is -2.08. The average Bonchev–Trinajstić information content (AvgIpc) is 2.28. The number of halogens is 2. The predicted octanol–water partition coefficient (Wildman–Crippen LogP) is 2.53. The quantitative estimate of drug-likeness (QED) is 0.818. The Labute approximate surface area is 103 Å². The highest BCUT2D eigenvalue weighted by molar-refractivity contribution is 9.10. The third-order valence-corrected chi connectivity index (χ3v) is 2.79. The highest BCUT2D eigenvalue weighted by Crippen LogP contribution is 2.22. The van der Waals surface area contributed by atoms with Gasteiger partial charge in [0, 0.05) is 24.5 Å². The van der Waals surface area contributed by atoms with Gasteiger partial charge in [-0.3, -0.25) is 4.79 Å². The number of hydrogen-bond donors (Lipinski definition) is 2. The van der Waals surface area contributed by atoms with Gasteiger partial charge in [0.25, 0.3) is 0 Å². The van der Waals surface area contributed by atoms with E-state index in [9.17, 15) is 9.18 Å². The molecule has 0 bridgehead atoms. The van der Waals surface area contributed by atoms with E-state index < -0.39 is 0 Å². The van der Waals surface area contributed by atoms with E-state index in [1.807, 2.05) is 0 Å². The topological polar surface area (TPSA) is 41.1 Å². The number of anilines is 1. The van der Waals surface area contributed by atoms with Gasteiger partial charge in [-0.1, -0.05) is 0 Å². The summed E-state index contributed by atoms with van der Waals surface area (Å²) < 4.78 is 13.7. The fourth-order valence-corrected chi connectivity index (χ4v) is 1.62. The molecule has 0 unspecified atom stereocenters. The van der Waals surface area contributed by atoms with Crippen LogP contribution < -0.4 is 10.6 Å². The number of hydrogen-bond acceptors (Lipinski definition) is 2. The maximum Gasteiger partial charge on any atom is 0.219 e. The first-order valence-electron chi connectivity index (χ1n) is 5.03. The van der Waals surface area contributed by atoms with Gasteiger partial charge in [-0.2, -0.15) is 0 Å². The molecule has 88 valence electrons. The number of amides is 1. The van der Waals surface area contributed by atoms with Crippen LogP contribution in [0.3, 0.4) is 0 Å². The van der Waals surface area contributed by atoms with Crippen molar-refractivity contribution in [1.29, 1.82) is 0 Å². The summed E-state index contributed by atoms with van der Waals surface area (Å²) in [6.07, 6.45) is 1.18. The van der Waals surface area contributed by atoms with Crippen LogP contribution in [-0.2, 0) is 4.79 Å². The van der Waals surface area contributed by atoms with Crippen LogP contribution in [0.15, 0.2) is 22.7 Å². The molecule has 0 fully saturated rings. The van der Waals surface area contributed by atoms with E-state index in [2.05, 4.69) is 26.6 Å². The Morgan fingerprint density at radius 2 is 2.25 bits per heavy atom. The lowest BCUT2D eigenvalue weighted by atomic mass is 10.2. The molecule has 0 spiro atoms. The normalized spacial score (nSPS) is 9.94. The molecule has 1 aromatic rings. The summed E-state index contributed by atoms with van der Waals surface area (Å²) in [5, 5.41) is 5.61. The van der Waals surface area contributed by atoms with E-state index in [0.29, 0.717) is 25.1 Å². The molecule has 0 aliphatic rings. The molecule has 0 aromatic heterocycles. The number of nitrogens with one attached hydrogen (secondary N) is 2. The van der Waals surface area contributed by atoms with E-state index in [4.69, 9.17) is 0 Å². The van der Waals surface area contributed by atoms with Crippen molar-refractivity contribution in [3.63, 3.8) is 0 Å². The largest absolute Gasteiger partial charge is 0.384 e. The summed E-state index contributed by atoms with van der Waals surface area (Å²) in [5.41, 5.74) is 0.705. The van der Waals surface area contributed by atoms with E-state index in [1.54, 1.807) is 13.1 Å². The van der Waals surface area contributed by atoms with Crippen molar-refractivity contribution >= 4 is 27.5 Å². The fourth-order valence-electron chi connectivity index (χ4n) is 1.23. The number of benzene rings is 1. The van der Waals surface area contributed by atoms with Crippen molar-refractivity contribution in [2.45, 2.75) is 12.8 Å². The third-order valence-electron chi connectivity index (χ3n) is 2.10. The monoisotopic (exact) mass is 288 g/mol. The SMILES string of the molecule is CNC(=O)CCCNc1cc(F)ccc1Br. The van der Waals surface area contributed by atoms with Crippen molar-refractivity contribution in [3.8, 4) is 0 Å². The number of carbonyl (C=O) groups is 1. The molecule has 0 aliphatic carbocycles. The second kappa shape index (κ2) is 6.48. The van der Waals surface area contributed by atoms with Gasteiger partial charge in [-0.25, -0.2) is 4.39 Å². The molecule has 0 aliphatic heterocycles. The smallest absolute Gasteiger partial charge is 0.219 e. The molecule has 1 amide bonds. The summed E-state index contributed by atoms with van der Waals surface area (Å²) in [7, 11) is 1.61. The van der Waals surface area contributed by atoms with Gasteiger partial charge in [0.1, 0.15) is 5.82 Å². The Hall–Kier alpha value is -1.10. The van der Waals surface area contributed by atoms with Crippen LogP contribution >= 0.6 is 15.9 Å². The molecular weight excluding hydrogens is 275 g/mol. The maximum atomic E-state index is 12.9. The van der Waals surface area contributed by atoms with Gasteiger partial charge in [-0.15, -0.1) is 0 Å². The Morgan fingerprint density at radius 1 is 1.50 bits per heavy atom. The maximum absolute atomic E-state index is 12.9. The van der Waals surface area contributed by atoms with Gasteiger partial charge < -0.3 is 10.6 Å². The minimum absolute atomic E-state index is 0.0140. The molecule has 0 heterocycles. The Balaban J connectivity index is 2.37. The first-order chi connectivity index (χ1) is 7.63. The number of rotatable bonds is 5. The Morgan fingerprint density at radius 3 is 2.94 bits per heavy atom. The van der Waals surface area contributed by atoms with Crippen LogP contribution in [0.25, 0.3) is 0 Å². The zero-order chi connectivity index (χ0) is 12.0. The molecule has 1 rings (SSSR count). The zero-order valence-corrected chi connectivity index (χ0v) is 10.6. The van der Waals surface area contributed by atoms with Gasteiger partial charge in [0.2, 0.25) is 5.91 Å². The standard InChI is InChI=1S/C11H14BrFN2O/c1-14-11(16)3-2-6-15-10-7-8(13)4-5-9(10)12/h4-5,7,15H,2-3,6H2,1H3,(H,14,16). The molecule has 0 radical (unpaired) electrons. The predicted molar refractivity (Wildman–Crippen MR) is 65.9 cm³/mol. The average molecular weight is 289 g/mol. The molecule has 5 heteroatoms. The van der Waals surface area contributed by atoms with Crippen molar-refractivity contribution < 1.29 is 9.18 Å². The van der Waals surface area contributed by atoms with Crippen LogP contribution in [-0.4, -0.2) is 19.5 Å². The molecule has 0 saturated heterocycles. The van der Waals surface area contributed by atoms with Crippen molar-refractivity contribution in [3.05, 3.63) is 28.5 Å². The minimum Gasteiger partial charge on any atom is -0.384 e. The van der Waals surface area contributed by atoms with Crippen molar-refractivity contribution in [2.24, 2.45) is 0 Å². The fraction of sp³-hybridized carbons (Fsp3) is 0.364. The summed E-state index contributed by atoms with van der Waals surface area (Å²) in [6, 6.07) is 4.46. The van der Waals surface area contributed by atoms with Crippen LogP contribution in [0.5, 0.6) is 0 Å². The van der Waals surface area contributed by atoms with Crippen molar-refractivity contribution in [2.75, 3.05) is 18.9 Å². The van der Waals surface area contributed by atoms with E-state index >= 15 is 0 Å². The first kappa shape index (κ1) is 13.0. The van der Waals surface area contributed by atoms with Gasteiger partial charge in [0.05, 0.1) is 5.69 Å². The summed E-state index contributed by atoms with van der Waals surface area (Å²) in [4.78, 5) is 10.9. The molecule has 3 nitrogen and oxygen atoms in total. The van der Waals surface area contributed by atoms with Gasteiger partial charge in [-0.05, 0) is 40.5 Å². The second-order valence-electron chi connectivity index (χ2n) is 3.33. The Bertz CT molecular complexity index is 371. The molecule has 0 saturated carbocycles.